The molecule has 0 N–H and O–H groups in total. The second kappa shape index (κ2) is 12.3. The Kier molecular flexibility index (Phi) is 8.26. The first kappa shape index (κ1) is 25.4. The van der Waals surface area contributed by atoms with Gasteiger partial charge < -0.3 is 9.47 Å². The molecule has 5 aromatic rings. The van der Waals surface area contributed by atoms with E-state index < -0.39 is 0 Å². The highest BCUT2D eigenvalue weighted by molar-refractivity contribution is 7.13. The predicted octanol–water partition coefficient (Wildman–Crippen LogP) is 6.80. The maximum atomic E-state index is 11.9. The van der Waals surface area contributed by atoms with Crippen molar-refractivity contribution < 1.29 is 14.3 Å². The van der Waals surface area contributed by atoms with Crippen molar-refractivity contribution in [2.75, 3.05) is 6.61 Å². The summed E-state index contributed by atoms with van der Waals surface area (Å²) in [6.45, 7) is 3.25. The third-order valence-corrected chi connectivity index (χ3v) is 6.96. The topological polar surface area (TPSA) is 66.2 Å². The van der Waals surface area contributed by atoms with Crippen LogP contribution in [0.2, 0.25) is 0 Å². The number of nitrogens with zero attached hydrogens (tertiary/aromatic N) is 3. The standard InChI is InChI=1S/C31H29N3O3S/c1-2-36-29(35)18-15-26-20-34(33-30(26)24-9-5-3-6-10-24)19-23-13-16-28(17-14-23)37-21-27-22-38-31(32-27)25-11-7-4-8-12-25/h3-14,16-17,20,22H,2,15,18-19,21H2,1H3. The first-order chi connectivity index (χ1) is 18.7. The van der Waals surface area contributed by atoms with Crippen LogP contribution in [0.5, 0.6) is 5.75 Å². The summed E-state index contributed by atoms with van der Waals surface area (Å²) in [6.07, 6.45) is 2.94. The Balaban J connectivity index is 1.23. The van der Waals surface area contributed by atoms with Crippen LogP contribution >= 0.6 is 11.3 Å². The summed E-state index contributed by atoms with van der Waals surface area (Å²) in [5.41, 5.74) is 6.10. The first-order valence-electron chi connectivity index (χ1n) is 12.7. The fourth-order valence-corrected chi connectivity index (χ4v) is 4.97. The molecule has 38 heavy (non-hydrogen) atoms. The number of aryl methyl sites for hydroxylation is 1. The van der Waals surface area contributed by atoms with Crippen molar-refractivity contribution in [2.24, 2.45) is 0 Å². The molecular formula is C31H29N3O3S. The van der Waals surface area contributed by atoms with Gasteiger partial charge in [-0.3, -0.25) is 9.48 Å². The highest BCUT2D eigenvalue weighted by Crippen LogP contribution is 2.25. The fourth-order valence-electron chi connectivity index (χ4n) is 4.16. The average Bonchev–Trinajstić information content (AvgIpc) is 3.60. The molecule has 0 aliphatic carbocycles. The quantitative estimate of drug-likeness (QED) is 0.178. The molecule has 0 aliphatic heterocycles. The molecule has 0 fully saturated rings. The van der Waals surface area contributed by atoms with Gasteiger partial charge in [-0.2, -0.15) is 5.10 Å². The van der Waals surface area contributed by atoms with E-state index in [0.717, 1.165) is 44.4 Å². The van der Waals surface area contributed by atoms with E-state index in [2.05, 4.69) is 12.1 Å². The van der Waals surface area contributed by atoms with Crippen molar-refractivity contribution in [1.82, 2.24) is 14.8 Å². The molecule has 192 valence electrons. The second-order valence-corrected chi connectivity index (χ2v) is 9.67. The van der Waals surface area contributed by atoms with E-state index in [-0.39, 0.29) is 5.97 Å². The molecule has 0 unspecified atom stereocenters. The molecule has 0 amide bonds. The Morgan fingerprint density at radius 1 is 0.921 bits per heavy atom. The number of aromatic nitrogens is 3. The predicted molar refractivity (Wildman–Crippen MR) is 150 cm³/mol. The van der Waals surface area contributed by atoms with E-state index >= 15 is 0 Å². The minimum atomic E-state index is -0.191. The van der Waals surface area contributed by atoms with Crippen molar-refractivity contribution in [3.8, 4) is 27.6 Å². The number of esters is 1. The number of hydrogen-bond acceptors (Lipinski definition) is 6. The van der Waals surface area contributed by atoms with Gasteiger partial charge in [-0.1, -0.05) is 72.8 Å². The number of rotatable bonds is 11. The van der Waals surface area contributed by atoms with Crippen LogP contribution in [-0.2, 0) is 29.1 Å². The highest BCUT2D eigenvalue weighted by atomic mass is 32.1. The van der Waals surface area contributed by atoms with Crippen molar-refractivity contribution in [2.45, 2.75) is 32.9 Å². The van der Waals surface area contributed by atoms with Crippen LogP contribution in [0.3, 0.4) is 0 Å². The molecular weight excluding hydrogens is 494 g/mol. The van der Waals surface area contributed by atoms with Gasteiger partial charge in [0.05, 0.1) is 24.5 Å². The van der Waals surface area contributed by atoms with Gasteiger partial charge in [-0.25, -0.2) is 4.98 Å². The molecule has 6 nitrogen and oxygen atoms in total. The summed E-state index contributed by atoms with van der Waals surface area (Å²) in [5.74, 6) is 0.604. The van der Waals surface area contributed by atoms with Gasteiger partial charge in [0.1, 0.15) is 17.4 Å². The molecule has 0 saturated heterocycles. The largest absolute Gasteiger partial charge is 0.487 e. The summed E-state index contributed by atoms with van der Waals surface area (Å²) in [4.78, 5) is 16.6. The van der Waals surface area contributed by atoms with E-state index in [1.807, 2.05) is 96.0 Å². The number of ether oxygens (including phenoxy) is 2. The average molecular weight is 524 g/mol. The molecule has 0 aliphatic rings. The second-order valence-electron chi connectivity index (χ2n) is 8.81. The molecule has 2 heterocycles. The van der Waals surface area contributed by atoms with E-state index in [4.69, 9.17) is 19.6 Å². The maximum Gasteiger partial charge on any atom is 0.306 e. The summed E-state index contributed by atoms with van der Waals surface area (Å²) < 4.78 is 13.0. The summed E-state index contributed by atoms with van der Waals surface area (Å²) >= 11 is 1.62. The van der Waals surface area contributed by atoms with Gasteiger partial charge in [0.2, 0.25) is 0 Å². The van der Waals surface area contributed by atoms with Crippen molar-refractivity contribution in [3.05, 3.63) is 113 Å². The Bertz CT molecular complexity index is 1460. The van der Waals surface area contributed by atoms with Crippen LogP contribution < -0.4 is 4.74 Å². The van der Waals surface area contributed by atoms with Crippen molar-refractivity contribution in [1.29, 1.82) is 0 Å². The van der Waals surface area contributed by atoms with E-state index in [1.165, 1.54) is 0 Å². The lowest BCUT2D eigenvalue weighted by Crippen LogP contribution is -2.05. The van der Waals surface area contributed by atoms with Crippen molar-refractivity contribution in [3.63, 3.8) is 0 Å². The lowest BCUT2D eigenvalue weighted by molar-refractivity contribution is -0.143. The zero-order valence-corrected chi connectivity index (χ0v) is 22.1. The van der Waals surface area contributed by atoms with Crippen molar-refractivity contribution >= 4 is 17.3 Å². The van der Waals surface area contributed by atoms with E-state index in [9.17, 15) is 4.79 Å². The molecule has 0 bridgehead atoms. The molecule has 7 heteroatoms. The van der Waals surface area contributed by atoms with Gasteiger partial charge in [0.25, 0.3) is 0 Å². The Hall–Kier alpha value is -4.23. The smallest absolute Gasteiger partial charge is 0.306 e. The lowest BCUT2D eigenvalue weighted by Gasteiger charge is -2.06. The fraction of sp³-hybridized carbons (Fsp3) is 0.194. The molecule has 0 saturated carbocycles. The maximum absolute atomic E-state index is 11.9. The number of benzene rings is 3. The first-order valence-corrected chi connectivity index (χ1v) is 13.5. The highest BCUT2D eigenvalue weighted by Gasteiger charge is 2.14. The number of carbonyl (C=O) groups excluding carboxylic acids is 1. The van der Waals surface area contributed by atoms with Gasteiger partial charge >= 0.3 is 5.97 Å². The van der Waals surface area contributed by atoms with Crippen LogP contribution in [0.25, 0.3) is 21.8 Å². The Labute approximate surface area is 226 Å². The summed E-state index contributed by atoms with van der Waals surface area (Å²) in [6, 6.07) is 28.3. The summed E-state index contributed by atoms with van der Waals surface area (Å²) in [7, 11) is 0. The molecule has 2 aromatic heterocycles. The minimum Gasteiger partial charge on any atom is -0.487 e. The van der Waals surface area contributed by atoms with Crippen LogP contribution in [0.1, 0.15) is 30.2 Å². The molecule has 0 spiro atoms. The third-order valence-electron chi connectivity index (χ3n) is 6.02. The molecule has 5 rings (SSSR count). The number of hydrogen-bond donors (Lipinski definition) is 0. The zero-order valence-electron chi connectivity index (χ0n) is 21.2. The van der Waals surface area contributed by atoms with Crippen LogP contribution in [0.4, 0.5) is 0 Å². The van der Waals surface area contributed by atoms with Gasteiger partial charge in [0, 0.05) is 29.1 Å². The normalized spacial score (nSPS) is 10.9. The minimum absolute atomic E-state index is 0.191. The van der Waals surface area contributed by atoms with Crippen LogP contribution in [-0.4, -0.2) is 27.3 Å². The van der Waals surface area contributed by atoms with Crippen LogP contribution in [0, 0.1) is 0 Å². The zero-order chi connectivity index (χ0) is 26.2. The molecule has 0 radical (unpaired) electrons. The Morgan fingerprint density at radius 2 is 1.63 bits per heavy atom. The van der Waals surface area contributed by atoms with E-state index in [0.29, 0.717) is 32.6 Å². The van der Waals surface area contributed by atoms with Gasteiger partial charge in [0.15, 0.2) is 0 Å². The third kappa shape index (κ3) is 6.55. The van der Waals surface area contributed by atoms with Gasteiger partial charge in [-0.05, 0) is 36.6 Å². The van der Waals surface area contributed by atoms with Crippen LogP contribution in [0.15, 0.2) is 96.5 Å². The van der Waals surface area contributed by atoms with Gasteiger partial charge in [-0.15, -0.1) is 11.3 Å². The monoisotopic (exact) mass is 523 g/mol. The summed E-state index contributed by atoms with van der Waals surface area (Å²) in [5, 5.41) is 7.89. The SMILES string of the molecule is CCOC(=O)CCc1cn(Cc2ccc(OCc3csc(-c4ccccc4)n3)cc2)nc1-c1ccccc1. The lowest BCUT2D eigenvalue weighted by atomic mass is 10.0. The molecule has 3 aromatic carbocycles. The Morgan fingerprint density at radius 3 is 2.34 bits per heavy atom. The van der Waals surface area contributed by atoms with E-state index in [1.54, 1.807) is 11.3 Å². The molecule has 0 atom stereocenters. The number of thiazole rings is 1. The number of carbonyl (C=O) groups is 1.